The van der Waals surface area contributed by atoms with E-state index in [4.69, 9.17) is 4.74 Å². The number of likely N-dealkylation sites (tertiary alicyclic amines) is 1. The van der Waals surface area contributed by atoms with Crippen LogP contribution >= 0.6 is 0 Å². The van der Waals surface area contributed by atoms with Crippen LogP contribution in [-0.2, 0) is 9.53 Å². The summed E-state index contributed by atoms with van der Waals surface area (Å²) in [6, 6.07) is 9.41. The van der Waals surface area contributed by atoms with Crippen LogP contribution in [0.4, 0.5) is 0 Å². The molecule has 2 spiro atoms. The van der Waals surface area contributed by atoms with Crippen molar-refractivity contribution in [2.75, 3.05) is 13.1 Å². The van der Waals surface area contributed by atoms with Crippen molar-refractivity contribution in [3.63, 3.8) is 0 Å². The Hall–Kier alpha value is -1.98. The highest BCUT2D eigenvalue weighted by Crippen LogP contribution is 2.83. The molecule has 7 rings (SSSR count). The number of aliphatic hydroxyl groups is 1. The van der Waals surface area contributed by atoms with Gasteiger partial charge in [0.15, 0.2) is 0 Å². The summed E-state index contributed by atoms with van der Waals surface area (Å²) in [4.78, 5) is 29.4. The minimum Gasteiger partial charge on any atom is -0.454 e. The van der Waals surface area contributed by atoms with Crippen LogP contribution in [0.3, 0.4) is 0 Å². The molecular weight excluding hydrogens is 426 g/mol. The van der Waals surface area contributed by atoms with Gasteiger partial charge in [0.1, 0.15) is 11.9 Å². The molecule has 1 aliphatic heterocycles. The summed E-state index contributed by atoms with van der Waals surface area (Å²) in [6.07, 6.45) is 3.31. The van der Waals surface area contributed by atoms with Gasteiger partial charge in [-0.1, -0.05) is 38.6 Å². The molecule has 5 aliphatic carbocycles. The Morgan fingerprint density at radius 3 is 2.76 bits per heavy atom. The van der Waals surface area contributed by atoms with Crippen LogP contribution in [0.5, 0.6) is 0 Å². The van der Waals surface area contributed by atoms with Gasteiger partial charge in [0.2, 0.25) is 0 Å². The van der Waals surface area contributed by atoms with E-state index in [1.807, 2.05) is 18.2 Å². The molecule has 5 heteroatoms. The number of nitrogens with zero attached hydrogens (tertiary/aromatic N) is 1. The highest BCUT2D eigenvalue weighted by molar-refractivity contribution is 5.91. The zero-order valence-electron chi connectivity index (χ0n) is 20.2. The van der Waals surface area contributed by atoms with Crippen LogP contribution in [0.1, 0.15) is 56.3 Å². The second kappa shape index (κ2) is 6.61. The van der Waals surface area contributed by atoms with E-state index in [0.717, 1.165) is 44.3 Å². The van der Waals surface area contributed by atoms with Crippen LogP contribution in [0.25, 0.3) is 0 Å². The van der Waals surface area contributed by atoms with E-state index in [0.29, 0.717) is 23.8 Å². The Balaban J connectivity index is 1.38. The molecule has 7 bridgehead atoms. The molecule has 6 fully saturated rings. The molecule has 0 aromatic heterocycles. The molecule has 0 radical (unpaired) electrons. The summed E-state index contributed by atoms with van der Waals surface area (Å²) >= 11 is 0. The first kappa shape index (κ1) is 21.3. The van der Waals surface area contributed by atoms with E-state index >= 15 is 0 Å². The third-order valence-corrected chi connectivity index (χ3v) is 11.6. The van der Waals surface area contributed by atoms with Crippen LogP contribution in [-0.4, -0.2) is 53.1 Å². The standard InChI is InChI=1S/C29H35NO4/c1-4-30-15-27(3)11-10-23(32)29-21(27)12-19(24(29)30)28-14-18(20(31)13-22(28)29)16(2)25(28)34-26(33)17-8-6-5-7-9-17/h5-9,18-19,21-25,32H,2,4,10-15H2,1,3H3/t18-,19+,21-,22-,23+,24+,25-,27+,28+,29+/m1/s1. The average Bonchev–Trinajstić information content (AvgIpc) is 3.37. The summed E-state index contributed by atoms with van der Waals surface area (Å²) in [6.45, 7) is 11.0. The molecule has 1 saturated heterocycles. The molecule has 34 heavy (non-hydrogen) atoms. The summed E-state index contributed by atoms with van der Waals surface area (Å²) in [5.41, 5.74) is 0.934. The van der Waals surface area contributed by atoms with Crippen LogP contribution in [0, 0.1) is 39.9 Å². The maximum Gasteiger partial charge on any atom is 0.338 e. The molecule has 180 valence electrons. The van der Waals surface area contributed by atoms with Crippen molar-refractivity contribution < 1.29 is 19.4 Å². The molecule has 0 amide bonds. The van der Waals surface area contributed by atoms with Crippen molar-refractivity contribution in [2.24, 2.45) is 39.9 Å². The number of hydrogen-bond acceptors (Lipinski definition) is 5. The van der Waals surface area contributed by atoms with Gasteiger partial charge in [0.05, 0.1) is 11.7 Å². The van der Waals surface area contributed by atoms with Gasteiger partial charge >= 0.3 is 5.97 Å². The maximum absolute atomic E-state index is 13.5. The Morgan fingerprint density at radius 1 is 1.26 bits per heavy atom. The summed E-state index contributed by atoms with van der Waals surface area (Å²) < 4.78 is 6.35. The average molecular weight is 462 g/mol. The number of piperidine rings is 1. The number of hydrogen-bond donors (Lipinski definition) is 1. The first-order valence-electron chi connectivity index (χ1n) is 13.2. The van der Waals surface area contributed by atoms with Gasteiger partial charge < -0.3 is 9.84 Å². The fourth-order valence-electron chi connectivity index (χ4n) is 10.7. The molecule has 5 saturated carbocycles. The van der Waals surface area contributed by atoms with Crippen molar-refractivity contribution in [1.82, 2.24) is 4.90 Å². The predicted molar refractivity (Wildman–Crippen MR) is 127 cm³/mol. The Bertz CT molecular complexity index is 1100. The molecule has 5 nitrogen and oxygen atoms in total. The smallest absolute Gasteiger partial charge is 0.338 e. The van der Waals surface area contributed by atoms with Crippen molar-refractivity contribution in [2.45, 2.75) is 64.2 Å². The molecule has 1 N–H and O–H groups in total. The Kier molecular flexibility index (Phi) is 4.15. The molecular formula is C29H35NO4. The van der Waals surface area contributed by atoms with Crippen LogP contribution in [0.15, 0.2) is 42.5 Å². The van der Waals surface area contributed by atoms with Gasteiger partial charge in [0.25, 0.3) is 0 Å². The molecule has 1 heterocycles. The first-order chi connectivity index (χ1) is 16.3. The quantitative estimate of drug-likeness (QED) is 0.547. The van der Waals surface area contributed by atoms with Gasteiger partial charge in [-0.05, 0) is 73.1 Å². The van der Waals surface area contributed by atoms with E-state index < -0.39 is 12.2 Å². The van der Waals surface area contributed by atoms with Crippen molar-refractivity contribution in [3.8, 4) is 0 Å². The maximum atomic E-state index is 13.5. The molecule has 1 aromatic rings. The normalized spacial score (nSPS) is 50.4. The lowest BCUT2D eigenvalue weighted by molar-refractivity contribution is -0.211. The summed E-state index contributed by atoms with van der Waals surface area (Å²) in [5.74, 6) is 0.495. The number of ketones is 1. The van der Waals surface area contributed by atoms with E-state index in [9.17, 15) is 14.7 Å². The van der Waals surface area contributed by atoms with Gasteiger partial charge in [0, 0.05) is 35.8 Å². The zero-order chi connectivity index (χ0) is 23.6. The highest BCUT2D eigenvalue weighted by atomic mass is 16.5. The van der Waals surface area contributed by atoms with Crippen LogP contribution in [0.2, 0.25) is 0 Å². The second-order valence-corrected chi connectivity index (χ2v) is 12.4. The third kappa shape index (κ3) is 2.17. The molecule has 1 aromatic carbocycles. The largest absolute Gasteiger partial charge is 0.454 e. The minimum absolute atomic E-state index is 0.0503. The van der Waals surface area contributed by atoms with Crippen LogP contribution < -0.4 is 0 Å². The number of fused-ring (bicyclic) bond motifs is 1. The number of carbonyl (C=O) groups is 2. The number of esters is 1. The number of ether oxygens (including phenoxy) is 1. The third-order valence-electron chi connectivity index (χ3n) is 11.6. The van der Waals surface area contributed by atoms with Gasteiger partial charge in [-0.3, -0.25) is 9.69 Å². The fourth-order valence-corrected chi connectivity index (χ4v) is 10.7. The van der Waals surface area contributed by atoms with E-state index in [1.165, 1.54) is 0 Å². The number of aliphatic hydroxyl groups excluding tert-OH is 1. The zero-order valence-corrected chi connectivity index (χ0v) is 20.2. The lowest BCUT2D eigenvalue weighted by atomic mass is 9.43. The van der Waals surface area contributed by atoms with Gasteiger partial charge in [-0.25, -0.2) is 4.79 Å². The Labute approximate surface area is 201 Å². The van der Waals surface area contributed by atoms with E-state index in [-0.39, 0.29) is 45.9 Å². The van der Waals surface area contributed by atoms with Gasteiger partial charge in [-0.15, -0.1) is 0 Å². The molecule has 10 atom stereocenters. The predicted octanol–water partition coefficient (Wildman–Crippen LogP) is 3.86. The molecule has 6 aliphatic rings. The van der Waals surface area contributed by atoms with E-state index in [1.54, 1.807) is 12.1 Å². The summed E-state index contributed by atoms with van der Waals surface area (Å²) in [7, 11) is 0. The topological polar surface area (TPSA) is 66.8 Å². The lowest BCUT2D eigenvalue weighted by Crippen LogP contribution is -2.68. The second-order valence-electron chi connectivity index (χ2n) is 12.4. The number of Topliss-reactive ketones (excluding diaryl/α,β-unsaturated/α-hetero) is 1. The Morgan fingerprint density at radius 2 is 2.03 bits per heavy atom. The summed E-state index contributed by atoms with van der Waals surface area (Å²) in [5, 5.41) is 11.8. The molecule has 0 unspecified atom stereocenters. The first-order valence-corrected chi connectivity index (χ1v) is 13.2. The highest BCUT2D eigenvalue weighted by Gasteiger charge is 2.85. The number of rotatable bonds is 3. The van der Waals surface area contributed by atoms with Crippen molar-refractivity contribution in [3.05, 3.63) is 48.0 Å². The number of benzene rings is 1. The van der Waals surface area contributed by atoms with Crippen molar-refractivity contribution in [1.29, 1.82) is 0 Å². The lowest BCUT2D eigenvalue weighted by Gasteiger charge is -2.65. The SMILES string of the molecule is C=C1[C@H]2C[C@@]3([C@@H]1OC(=O)c1ccccc1)[C@@H](CC2=O)[C@@]12[C@@H]4[C@@H]3C[C@@H]1[C@@](C)(CC[C@@H]2O)CN4CC. The number of carbonyl (C=O) groups excluding carboxylic acids is 2. The minimum atomic E-state index is -0.452. The fraction of sp³-hybridized carbons (Fsp3) is 0.655. The van der Waals surface area contributed by atoms with E-state index in [2.05, 4.69) is 25.3 Å². The monoisotopic (exact) mass is 461 g/mol. The van der Waals surface area contributed by atoms with Crippen molar-refractivity contribution >= 4 is 11.8 Å². The van der Waals surface area contributed by atoms with Gasteiger partial charge in [-0.2, -0.15) is 0 Å².